The van der Waals surface area contributed by atoms with E-state index in [1.54, 1.807) is 12.4 Å². The van der Waals surface area contributed by atoms with Crippen molar-refractivity contribution in [1.82, 2.24) is 24.5 Å². The summed E-state index contributed by atoms with van der Waals surface area (Å²) in [6.45, 7) is 5.86. The highest BCUT2D eigenvalue weighted by molar-refractivity contribution is 5.94. The van der Waals surface area contributed by atoms with E-state index < -0.39 is 11.7 Å². The summed E-state index contributed by atoms with van der Waals surface area (Å²) in [5, 5.41) is 2.98. The van der Waals surface area contributed by atoms with Gasteiger partial charge in [0.2, 0.25) is 5.95 Å². The molecular formula is C23H27N7O2. The normalized spacial score (nSPS) is 19.6. The number of imidazole rings is 1. The molecule has 1 amide bonds. The van der Waals surface area contributed by atoms with Crippen molar-refractivity contribution >= 4 is 17.5 Å². The van der Waals surface area contributed by atoms with Crippen molar-refractivity contribution < 1.29 is 9.53 Å². The van der Waals surface area contributed by atoms with Crippen LogP contribution in [0.25, 0.3) is 0 Å². The third-order valence-corrected chi connectivity index (χ3v) is 6.36. The molecule has 166 valence electrons. The number of nitrogens with one attached hydrogen (secondary N) is 1. The molecule has 0 saturated carbocycles. The van der Waals surface area contributed by atoms with E-state index in [4.69, 9.17) is 4.74 Å². The Bertz CT molecular complexity index is 1100. The van der Waals surface area contributed by atoms with Gasteiger partial charge in [0.05, 0.1) is 17.9 Å². The molecule has 2 aliphatic rings. The number of rotatable bonds is 4. The largest absolute Gasteiger partial charge is 0.352 e. The number of carbonyl (C=O) groups excluding carboxylic acids is 1. The molecule has 3 aromatic heterocycles. The minimum absolute atomic E-state index is 0.166. The molecule has 1 N–H and O–H groups in total. The minimum Gasteiger partial charge on any atom is -0.352 e. The average molecular weight is 434 g/mol. The molecule has 2 aliphatic heterocycles. The van der Waals surface area contributed by atoms with Crippen LogP contribution >= 0.6 is 0 Å². The van der Waals surface area contributed by atoms with Crippen LogP contribution in [0.2, 0.25) is 0 Å². The van der Waals surface area contributed by atoms with Crippen LogP contribution in [0.4, 0.5) is 11.6 Å². The summed E-state index contributed by atoms with van der Waals surface area (Å²) in [5.74, 6) is 1.46. The monoisotopic (exact) mass is 433 g/mol. The van der Waals surface area contributed by atoms with Gasteiger partial charge in [0.15, 0.2) is 6.10 Å². The van der Waals surface area contributed by atoms with Crippen molar-refractivity contribution in [3.63, 3.8) is 0 Å². The van der Waals surface area contributed by atoms with Gasteiger partial charge in [-0.2, -0.15) is 0 Å². The molecule has 0 bridgehead atoms. The van der Waals surface area contributed by atoms with E-state index in [0.717, 1.165) is 42.5 Å². The summed E-state index contributed by atoms with van der Waals surface area (Å²) in [6, 6.07) is 3.66. The van der Waals surface area contributed by atoms with Crippen LogP contribution in [0.1, 0.15) is 36.8 Å². The van der Waals surface area contributed by atoms with E-state index in [1.807, 2.05) is 42.2 Å². The molecule has 1 unspecified atom stereocenters. The molecule has 1 spiro atoms. The predicted octanol–water partition coefficient (Wildman–Crippen LogP) is 2.47. The van der Waals surface area contributed by atoms with Gasteiger partial charge in [-0.3, -0.25) is 9.78 Å². The number of piperidine rings is 1. The quantitative estimate of drug-likeness (QED) is 0.675. The van der Waals surface area contributed by atoms with E-state index in [1.165, 1.54) is 0 Å². The average Bonchev–Trinajstić information content (AvgIpc) is 3.31. The zero-order valence-electron chi connectivity index (χ0n) is 18.4. The fourth-order valence-corrected chi connectivity index (χ4v) is 4.47. The first-order chi connectivity index (χ1) is 15.6. The first-order valence-electron chi connectivity index (χ1n) is 11.1. The molecule has 32 heavy (non-hydrogen) atoms. The molecule has 1 fully saturated rings. The van der Waals surface area contributed by atoms with Gasteiger partial charge in [-0.15, -0.1) is 0 Å². The molecule has 1 saturated heterocycles. The smallest absolute Gasteiger partial charge is 0.255 e. The molecule has 1 atom stereocenters. The highest BCUT2D eigenvalue weighted by Crippen LogP contribution is 2.40. The maximum atomic E-state index is 13.1. The highest BCUT2D eigenvalue weighted by Gasteiger charge is 2.47. The number of amides is 1. The fraction of sp³-hybridized carbons (Fsp3) is 0.435. The molecule has 3 aromatic rings. The third kappa shape index (κ3) is 3.73. The van der Waals surface area contributed by atoms with Crippen molar-refractivity contribution in [3.8, 4) is 0 Å². The molecule has 9 heteroatoms. The maximum Gasteiger partial charge on any atom is 0.255 e. The molecular weight excluding hydrogens is 406 g/mol. The Balaban J connectivity index is 1.33. The second-order valence-corrected chi connectivity index (χ2v) is 8.36. The molecule has 9 nitrogen and oxygen atoms in total. The van der Waals surface area contributed by atoms with Crippen molar-refractivity contribution in [1.29, 1.82) is 0 Å². The zero-order chi connectivity index (χ0) is 22.1. The van der Waals surface area contributed by atoms with Gasteiger partial charge in [0.25, 0.3) is 5.91 Å². The Morgan fingerprint density at radius 3 is 2.69 bits per heavy atom. The molecule has 0 aliphatic carbocycles. The lowest BCUT2D eigenvalue weighted by molar-refractivity contribution is -0.162. The summed E-state index contributed by atoms with van der Waals surface area (Å²) < 4.78 is 8.56. The van der Waals surface area contributed by atoms with Crippen LogP contribution in [-0.4, -0.2) is 49.6 Å². The van der Waals surface area contributed by atoms with Crippen LogP contribution in [0.15, 0.2) is 43.1 Å². The predicted molar refractivity (Wildman–Crippen MR) is 119 cm³/mol. The van der Waals surface area contributed by atoms with Gasteiger partial charge in [-0.1, -0.05) is 6.92 Å². The lowest BCUT2D eigenvalue weighted by Crippen LogP contribution is -2.53. The van der Waals surface area contributed by atoms with Gasteiger partial charge in [-0.25, -0.2) is 15.0 Å². The summed E-state index contributed by atoms with van der Waals surface area (Å²) in [7, 11) is 0. The van der Waals surface area contributed by atoms with Crippen LogP contribution in [-0.2, 0) is 28.1 Å². The van der Waals surface area contributed by atoms with E-state index in [2.05, 4.69) is 37.1 Å². The first kappa shape index (κ1) is 20.6. The highest BCUT2D eigenvalue weighted by atomic mass is 16.5. The minimum atomic E-state index is -0.608. The number of hydrogen-bond donors (Lipinski definition) is 1. The number of hydrogen-bond acceptors (Lipinski definition) is 7. The lowest BCUT2D eigenvalue weighted by Gasteiger charge is -2.45. The van der Waals surface area contributed by atoms with Gasteiger partial charge in [-0.05, 0) is 31.0 Å². The molecule has 5 heterocycles. The Hall–Kier alpha value is -3.33. The Labute approximate surface area is 186 Å². The lowest BCUT2D eigenvalue weighted by atomic mass is 9.88. The summed E-state index contributed by atoms with van der Waals surface area (Å²) in [4.78, 5) is 33.2. The Morgan fingerprint density at radius 2 is 1.97 bits per heavy atom. The summed E-state index contributed by atoms with van der Waals surface area (Å²) in [6.07, 6.45) is 10.9. The molecule has 0 radical (unpaired) electrons. The number of pyridine rings is 1. The summed E-state index contributed by atoms with van der Waals surface area (Å²) >= 11 is 0. The van der Waals surface area contributed by atoms with Crippen LogP contribution in [0.3, 0.4) is 0 Å². The first-order valence-corrected chi connectivity index (χ1v) is 11.1. The number of anilines is 2. The van der Waals surface area contributed by atoms with Crippen molar-refractivity contribution in [3.05, 3.63) is 60.2 Å². The van der Waals surface area contributed by atoms with E-state index >= 15 is 0 Å². The SMILES string of the molecule is CCc1cnc(N2CCC3(CC2)OC(C(=O)Nc2cccnc2C)Cn2ccnc23)nc1. The second-order valence-electron chi connectivity index (χ2n) is 8.36. The van der Waals surface area contributed by atoms with Crippen molar-refractivity contribution in [2.45, 2.75) is 51.4 Å². The van der Waals surface area contributed by atoms with Crippen LogP contribution in [0.5, 0.6) is 0 Å². The molecule has 0 aromatic carbocycles. The van der Waals surface area contributed by atoms with Crippen LogP contribution in [0, 0.1) is 6.92 Å². The zero-order valence-corrected chi connectivity index (χ0v) is 18.4. The van der Waals surface area contributed by atoms with Crippen LogP contribution < -0.4 is 10.2 Å². The second kappa shape index (κ2) is 8.31. The van der Waals surface area contributed by atoms with E-state index in [-0.39, 0.29) is 5.91 Å². The third-order valence-electron chi connectivity index (χ3n) is 6.36. The number of carbonyl (C=O) groups is 1. The van der Waals surface area contributed by atoms with Gasteiger partial charge >= 0.3 is 0 Å². The van der Waals surface area contributed by atoms with Crippen molar-refractivity contribution in [2.24, 2.45) is 0 Å². The Morgan fingerprint density at radius 1 is 1.19 bits per heavy atom. The fourth-order valence-electron chi connectivity index (χ4n) is 4.47. The maximum absolute atomic E-state index is 13.1. The van der Waals surface area contributed by atoms with E-state index in [0.29, 0.717) is 25.1 Å². The topological polar surface area (TPSA) is 98.1 Å². The number of nitrogens with zero attached hydrogens (tertiary/aromatic N) is 6. The number of aromatic nitrogens is 5. The van der Waals surface area contributed by atoms with Gasteiger partial charge < -0.3 is 19.5 Å². The number of fused-ring (bicyclic) bond motifs is 2. The standard InChI is InChI=1S/C23H27N7O2/c1-3-17-13-26-22(27-14-17)29-10-6-23(7-11-29)21-25-9-12-30(21)15-19(32-23)20(31)28-18-5-4-8-24-16(18)2/h4-5,8-9,12-14,19H,3,6-7,10-11,15H2,1-2H3,(H,28,31). The summed E-state index contributed by atoms with van der Waals surface area (Å²) in [5.41, 5.74) is 2.00. The number of ether oxygens (including phenoxy) is 1. The number of aryl methyl sites for hydroxylation is 2. The van der Waals surface area contributed by atoms with Gasteiger partial charge in [0, 0.05) is 56.9 Å². The van der Waals surface area contributed by atoms with Gasteiger partial charge in [0.1, 0.15) is 11.4 Å². The van der Waals surface area contributed by atoms with E-state index in [9.17, 15) is 4.79 Å². The Kier molecular flexibility index (Phi) is 5.34. The van der Waals surface area contributed by atoms with Crippen molar-refractivity contribution in [2.75, 3.05) is 23.3 Å². The molecule has 5 rings (SSSR count).